The van der Waals surface area contributed by atoms with Gasteiger partial charge in [-0.25, -0.2) is 18.0 Å². The molecule has 3 heterocycles. The Morgan fingerprint density at radius 2 is 1.90 bits per heavy atom. The van der Waals surface area contributed by atoms with Crippen LogP contribution in [-0.4, -0.2) is 102 Å². The summed E-state index contributed by atoms with van der Waals surface area (Å²) in [6.07, 6.45) is 1.33. The molecule has 41 heavy (non-hydrogen) atoms. The van der Waals surface area contributed by atoms with E-state index in [1.54, 1.807) is 17.5 Å². The van der Waals surface area contributed by atoms with Gasteiger partial charge in [-0.15, -0.1) is 5.10 Å². The Hall–Kier alpha value is -3.30. The number of nitrogens with one attached hydrogen (secondary N) is 1. The highest BCUT2D eigenvalue weighted by Crippen LogP contribution is 2.32. The third-order valence-corrected chi connectivity index (χ3v) is 9.09. The van der Waals surface area contributed by atoms with E-state index in [-0.39, 0.29) is 23.9 Å². The number of H-pyrrole nitrogens is 1. The Bertz CT molecular complexity index is 1570. The van der Waals surface area contributed by atoms with Crippen LogP contribution in [0.1, 0.15) is 37.1 Å². The van der Waals surface area contributed by atoms with E-state index in [9.17, 15) is 23.2 Å². The first kappa shape index (κ1) is 30.7. The molecule has 14 heteroatoms. The van der Waals surface area contributed by atoms with E-state index >= 15 is 0 Å². The van der Waals surface area contributed by atoms with E-state index < -0.39 is 21.5 Å². The lowest BCUT2D eigenvalue weighted by Crippen LogP contribution is -2.47. The second-order valence-electron chi connectivity index (χ2n) is 10.1. The van der Waals surface area contributed by atoms with Crippen LogP contribution in [0.15, 0.2) is 27.9 Å². The number of likely N-dealkylation sites (N-methyl/N-ethyl adjacent to an activating group) is 2. The number of carbonyl (C=O) groups excluding carboxylic acids is 1. The van der Waals surface area contributed by atoms with Crippen LogP contribution in [-0.2, 0) is 32.6 Å². The van der Waals surface area contributed by atoms with Gasteiger partial charge in [-0.3, -0.25) is 14.8 Å². The number of amides is 1. The minimum atomic E-state index is -3.78. The third kappa shape index (κ3) is 6.31. The van der Waals surface area contributed by atoms with Crippen LogP contribution < -0.4 is 10.3 Å². The lowest BCUT2D eigenvalue weighted by atomic mass is 10.1. The molecule has 1 amide bonds. The van der Waals surface area contributed by atoms with Crippen LogP contribution in [0.3, 0.4) is 0 Å². The molecule has 0 spiro atoms. The Labute approximate surface area is 239 Å². The number of carbonyl (C=O) groups is 1. The molecule has 0 atom stereocenters. The van der Waals surface area contributed by atoms with Gasteiger partial charge in [0, 0.05) is 44.5 Å². The summed E-state index contributed by atoms with van der Waals surface area (Å²) in [5, 5.41) is 14.5. The van der Waals surface area contributed by atoms with Crippen molar-refractivity contribution in [2.24, 2.45) is 0 Å². The highest BCUT2D eigenvalue weighted by molar-refractivity contribution is 7.89. The van der Waals surface area contributed by atoms with Crippen LogP contribution in [0.2, 0.25) is 0 Å². The number of hydrogen-bond donors (Lipinski definition) is 2. The molecule has 2 N–H and O–H groups in total. The molecule has 0 bridgehead atoms. The summed E-state index contributed by atoms with van der Waals surface area (Å²) in [7, 11) is -0.607. The number of benzene rings is 1. The summed E-state index contributed by atoms with van der Waals surface area (Å²) < 4.78 is 41.4. The van der Waals surface area contributed by atoms with Gasteiger partial charge in [0.05, 0.1) is 23.7 Å². The predicted octanol–water partition coefficient (Wildman–Crippen LogP) is 1.65. The number of sulfonamides is 1. The molecule has 0 saturated carbocycles. The van der Waals surface area contributed by atoms with Crippen molar-refractivity contribution in [2.75, 3.05) is 53.5 Å². The molecule has 1 aromatic carbocycles. The number of aryl methyl sites for hydroxylation is 2. The molecule has 13 nitrogen and oxygen atoms in total. The van der Waals surface area contributed by atoms with Crippen molar-refractivity contribution in [3.8, 4) is 17.1 Å². The standard InChI is InChI=1S/C27H38N6O7S/c1-6-8-22-21(16-39-17-24(34)31(5)36)18(3)25-27(35)28-26(29-33(22)25)20-15-19(9-10-23(20)40-7-2)41(37,38)32-13-11-30(4)12-14-32/h9-10,15,36H,6-8,11-14,16-17H2,1-5H3,(H,28,29,35). The molecular formula is C27H38N6O7S. The second kappa shape index (κ2) is 12.7. The van der Waals surface area contributed by atoms with Crippen LogP contribution >= 0.6 is 0 Å². The summed E-state index contributed by atoms with van der Waals surface area (Å²) in [5.74, 6) is -0.0432. The zero-order valence-electron chi connectivity index (χ0n) is 24.1. The number of hydroxylamine groups is 2. The molecule has 1 aliphatic rings. The van der Waals surface area contributed by atoms with Gasteiger partial charge in [-0.1, -0.05) is 13.3 Å². The van der Waals surface area contributed by atoms with Crippen molar-refractivity contribution in [1.82, 2.24) is 28.9 Å². The summed E-state index contributed by atoms with van der Waals surface area (Å²) in [6, 6.07) is 4.61. The molecule has 0 unspecified atom stereocenters. The summed E-state index contributed by atoms with van der Waals surface area (Å²) in [6.45, 7) is 7.70. The molecule has 224 valence electrons. The molecule has 1 fully saturated rings. The summed E-state index contributed by atoms with van der Waals surface area (Å²) >= 11 is 0. The minimum Gasteiger partial charge on any atom is -0.493 e. The largest absolute Gasteiger partial charge is 0.493 e. The SMILES string of the molecule is CCCc1c(COCC(=O)N(C)O)c(C)c2c(=O)[nH]c(-c3cc(S(=O)(=O)N4CCN(C)CC4)ccc3OCC)nn12. The lowest BCUT2D eigenvalue weighted by Gasteiger charge is -2.31. The molecule has 2 aromatic heterocycles. The van der Waals surface area contributed by atoms with E-state index in [4.69, 9.17) is 14.6 Å². The van der Waals surface area contributed by atoms with Gasteiger partial charge in [0.15, 0.2) is 5.82 Å². The quantitative estimate of drug-likeness (QED) is 0.251. The second-order valence-corrected chi connectivity index (χ2v) is 12.0. The van der Waals surface area contributed by atoms with Gasteiger partial charge in [0.2, 0.25) is 10.0 Å². The van der Waals surface area contributed by atoms with E-state index in [0.29, 0.717) is 66.7 Å². The average molecular weight is 591 g/mol. The predicted molar refractivity (Wildman–Crippen MR) is 152 cm³/mol. The van der Waals surface area contributed by atoms with Crippen molar-refractivity contribution in [1.29, 1.82) is 0 Å². The number of ether oxygens (including phenoxy) is 2. The van der Waals surface area contributed by atoms with E-state index in [0.717, 1.165) is 17.7 Å². The maximum absolute atomic E-state index is 13.5. The first-order chi connectivity index (χ1) is 19.5. The van der Waals surface area contributed by atoms with Crippen LogP contribution in [0.5, 0.6) is 5.75 Å². The van der Waals surface area contributed by atoms with Crippen molar-refractivity contribution in [2.45, 2.75) is 45.1 Å². The van der Waals surface area contributed by atoms with Gasteiger partial charge < -0.3 is 19.4 Å². The fourth-order valence-electron chi connectivity index (χ4n) is 4.90. The molecule has 0 aliphatic carbocycles. The fourth-order valence-corrected chi connectivity index (χ4v) is 6.35. The lowest BCUT2D eigenvalue weighted by molar-refractivity contribution is -0.164. The van der Waals surface area contributed by atoms with Crippen molar-refractivity contribution in [3.05, 3.63) is 45.4 Å². The number of fused-ring (bicyclic) bond motifs is 1. The maximum Gasteiger partial charge on any atom is 0.275 e. The van der Waals surface area contributed by atoms with Crippen molar-refractivity contribution < 1.29 is 27.9 Å². The number of nitrogens with zero attached hydrogens (tertiary/aromatic N) is 5. The van der Waals surface area contributed by atoms with Gasteiger partial charge in [0.25, 0.3) is 11.5 Å². The smallest absolute Gasteiger partial charge is 0.275 e. The third-order valence-electron chi connectivity index (χ3n) is 7.20. The molecule has 3 aromatic rings. The zero-order chi connectivity index (χ0) is 29.9. The first-order valence-electron chi connectivity index (χ1n) is 13.6. The number of rotatable bonds is 11. The number of hydrogen-bond acceptors (Lipinski definition) is 9. The van der Waals surface area contributed by atoms with Crippen LogP contribution in [0.25, 0.3) is 16.9 Å². The van der Waals surface area contributed by atoms with E-state index in [1.807, 2.05) is 20.9 Å². The van der Waals surface area contributed by atoms with Crippen LogP contribution in [0, 0.1) is 6.92 Å². The highest BCUT2D eigenvalue weighted by Gasteiger charge is 2.29. The average Bonchev–Trinajstić information content (AvgIpc) is 3.20. The molecule has 4 rings (SSSR count). The monoisotopic (exact) mass is 590 g/mol. The summed E-state index contributed by atoms with van der Waals surface area (Å²) in [4.78, 5) is 30.2. The van der Waals surface area contributed by atoms with Crippen LogP contribution in [0.4, 0.5) is 0 Å². The Morgan fingerprint density at radius 3 is 2.54 bits per heavy atom. The zero-order valence-corrected chi connectivity index (χ0v) is 25.0. The minimum absolute atomic E-state index is 0.0435. The van der Waals surface area contributed by atoms with Gasteiger partial charge in [-0.05, 0) is 51.1 Å². The Morgan fingerprint density at radius 1 is 1.20 bits per heavy atom. The van der Waals surface area contributed by atoms with Gasteiger partial charge in [0.1, 0.15) is 17.9 Å². The van der Waals surface area contributed by atoms with E-state index in [1.165, 1.54) is 23.5 Å². The molecule has 1 saturated heterocycles. The Balaban J connectivity index is 1.81. The van der Waals surface area contributed by atoms with Crippen molar-refractivity contribution >= 4 is 21.4 Å². The topological polar surface area (TPSA) is 150 Å². The van der Waals surface area contributed by atoms with Gasteiger partial charge >= 0.3 is 0 Å². The summed E-state index contributed by atoms with van der Waals surface area (Å²) in [5.41, 5.74) is 2.42. The maximum atomic E-state index is 13.5. The highest BCUT2D eigenvalue weighted by atomic mass is 32.2. The number of aromatic nitrogens is 3. The normalized spacial score (nSPS) is 15.0. The number of piperazine rings is 1. The number of aromatic amines is 1. The Kier molecular flexibility index (Phi) is 9.49. The fraction of sp³-hybridized carbons (Fsp3) is 0.519. The molecule has 0 radical (unpaired) electrons. The van der Waals surface area contributed by atoms with Gasteiger partial charge in [-0.2, -0.15) is 4.31 Å². The first-order valence-corrected chi connectivity index (χ1v) is 15.1. The van der Waals surface area contributed by atoms with Crippen molar-refractivity contribution in [3.63, 3.8) is 0 Å². The van der Waals surface area contributed by atoms with E-state index in [2.05, 4.69) is 9.88 Å². The molecule has 1 aliphatic heterocycles. The molecular weight excluding hydrogens is 552 g/mol.